The van der Waals surface area contributed by atoms with E-state index in [9.17, 15) is 14.5 Å². The molecule has 0 aliphatic carbocycles. The molecule has 0 amide bonds. The van der Waals surface area contributed by atoms with Gasteiger partial charge in [-0.3, -0.25) is 10.1 Å². The van der Waals surface area contributed by atoms with Crippen molar-refractivity contribution in [3.8, 4) is 0 Å². The molecule has 2 N–H and O–H groups in total. The van der Waals surface area contributed by atoms with Crippen LogP contribution < -0.4 is 5.32 Å². The molecule has 0 atom stereocenters. The highest BCUT2D eigenvalue weighted by Gasteiger charge is 2.19. The van der Waals surface area contributed by atoms with Crippen LogP contribution in [0.25, 0.3) is 0 Å². The lowest BCUT2D eigenvalue weighted by molar-refractivity contribution is -0.385. The molecule has 0 saturated heterocycles. The summed E-state index contributed by atoms with van der Waals surface area (Å²) in [5.74, 6) is -0.621. The van der Waals surface area contributed by atoms with Gasteiger partial charge in [0.25, 0.3) is 5.69 Å². The number of halogens is 1. The van der Waals surface area contributed by atoms with Crippen LogP contribution in [0.15, 0.2) is 12.1 Å². The SMILES string of the molecule is CNc1cc(F)cc(CO)c1[N+](=O)[O-]. The van der Waals surface area contributed by atoms with Crippen molar-refractivity contribution in [2.24, 2.45) is 0 Å². The topological polar surface area (TPSA) is 75.4 Å². The Morgan fingerprint density at radius 2 is 2.29 bits per heavy atom. The van der Waals surface area contributed by atoms with Gasteiger partial charge in [0.2, 0.25) is 0 Å². The third-order valence-corrected chi connectivity index (χ3v) is 1.78. The molecule has 0 fully saturated rings. The van der Waals surface area contributed by atoms with Gasteiger partial charge in [-0.25, -0.2) is 4.39 Å². The average Bonchev–Trinajstić information content (AvgIpc) is 2.15. The summed E-state index contributed by atoms with van der Waals surface area (Å²) >= 11 is 0. The standard InChI is InChI=1S/C8H9FN2O3/c1-10-7-3-6(9)2-5(4-12)8(7)11(13)14/h2-3,10,12H,4H2,1H3. The first kappa shape index (κ1) is 10.4. The number of nitro groups is 1. The number of nitrogens with one attached hydrogen (secondary N) is 1. The number of hydrogen-bond acceptors (Lipinski definition) is 4. The molecule has 1 rings (SSSR count). The minimum atomic E-state index is -0.656. The molecule has 0 heterocycles. The number of benzene rings is 1. The maximum atomic E-state index is 12.9. The van der Waals surface area contributed by atoms with Crippen LogP contribution in [0, 0.1) is 15.9 Å². The summed E-state index contributed by atoms with van der Waals surface area (Å²) in [7, 11) is 1.45. The maximum Gasteiger partial charge on any atom is 0.297 e. The molecule has 1 aromatic carbocycles. The molecular weight excluding hydrogens is 191 g/mol. The minimum absolute atomic E-state index is 0.0423. The Bertz CT molecular complexity index is 343. The van der Waals surface area contributed by atoms with E-state index in [1.54, 1.807) is 0 Å². The zero-order valence-electron chi connectivity index (χ0n) is 7.45. The molecule has 0 bridgehead atoms. The normalized spacial score (nSPS) is 9.93. The second kappa shape index (κ2) is 4.01. The van der Waals surface area contributed by atoms with Crippen LogP contribution in [0.5, 0.6) is 0 Å². The summed E-state index contributed by atoms with van der Waals surface area (Å²) in [5.41, 5.74) is -0.283. The predicted octanol–water partition coefficient (Wildman–Crippen LogP) is 1.27. The molecule has 14 heavy (non-hydrogen) atoms. The Hall–Kier alpha value is -1.69. The molecule has 6 heteroatoms. The van der Waals surface area contributed by atoms with Crippen LogP contribution in [-0.4, -0.2) is 17.1 Å². The van der Waals surface area contributed by atoms with Crippen LogP contribution in [-0.2, 0) is 6.61 Å². The highest BCUT2D eigenvalue weighted by atomic mass is 19.1. The zero-order valence-corrected chi connectivity index (χ0v) is 7.45. The van der Waals surface area contributed by atoms with Gasteiger partial charge in [0.15, 0.2) is 0 Å². The third-order valence-electron chi connectivity index (χ3n) is 1.78. The highest BCUT2D eigenvalue weighted by Crippen LogP contribution is 2.29. The average molecular weight is 200 g/mol. The molecule has 0 aliphatic heterocycles. The van der Waals surface area contributed by atoms with Crippen molar-refractivity contribution in [2.75, 3.05) is 12.4 Å². The van der Waals surface area contributed by atoms with Crippen molar-refractivity contribution < 1.29 is 14.4 Å². The number of hydrogen-bond donors (Lipinski definition) is 2. The maximum absolute atomic E-state index is 12.9. The highest BCUT2D eigenvalue weighted by molar-refractivity contribution is 5.65. The minimum Gasteiger partial charge on any atom is -0.391 e. The Labute approximate surface area is 79.3 Å². The summed E-state index contributed by atoms with van der Waals surface area (Å²) in [6.45, 7) is -0.567. The zero-order chi connectivity index (χ0) is 10.7. The lowest BCUT2D eigenvalue weighted by atomic mass is 10.1. The molecule has 1 aromatic rings. The van der Waals surface area contributed by atoms with E-state index in [2.05, 4.69) is 5.32 Å². The molecule has 0 aromatic heterocycles. The summed E-state index contributed by atoms with van der Waals surface area (Å²) in [6.07, 6.45) is 0. The van der Waals surface area contributed by atoms with Gasteiger partial charge in [0.1, 0.15) is 11.5 Å². The van der Waals surface area contributed by atoms with E-state index in [1.807, 2.05) is 0 Å². The number of aliphatic hydroxyl groups excluding tert-OH is 1. The summed E-state index contributed by atoms with van der Waals surface area (Å²) < 4.78 is 12.9. The molecule has 0 saturated carbocycles. The van der Waals surface area contributed by atoms with Gasteiger partial charge in [-0.2, -0.15) is 0 Å². The van der Waals surface area contributed by atoms with Gasteiger partial charge in [-0.05, 0) is 6.07 Å². The molecule has 0 spiro atoms. The van der Waals surface area contributed by atoms with E-state index in [4.69, 9.17) is 5.11 Å². The van der Waals surface area contributed by atoms with Crippen molar-refractivity contribution in [2.45, 2.75) is 6.61 Å². The Kier molecular flexibility index (Phi) is 2.98. The van der Waals surface area contributed by atoms with Crippen molar-refractivity contribution in [3.63, 3.8) is 0 Å². The van der Waals surface area contributed by atoms with E-state index in [0.717, 1.165) is 12.1 Å². The van der Waals surface area contributed by atoms with E-state index in [0.29, 0.717) is 0 Å². The fraction of sp³-hybridized carbons (Fsp3) is 0.250. The predicted molar refractivity (Wildman–Crippen MR) is 48.5 cm³/mol. The fourth-order valence-electron chi connectivity index (χ4n) is 1.18. The first-order valence-electron chi connectivity index (χ1n) is 3.85. The van der Waals surface area contributed by atoms with E-state index >= 15 is 0 Å². The van der Waals surface area contributed by atoms with Crippen molar-refractivity contribution in [3.05, 3.63) is 33.6 Å². The number of rotatable bonds is 3. The van der Waals surface area contributed by atoms with Crippen LogP contribution in [0.1, 0.15) is 5.56 Å². The number of aliphatic hydroxyl groups is 1. The van der Waals surface area contributed by atoms with Crippen molar-refractivity contribution in [1.82, 2.24) is 0 Å². The van der Waals surface area contributed by atoms with Crippen molar-refractivity contribution >= 4 is 11.4 Å². The quantitative estimate of drug-likeness (QED) is 0.569. The second-order valence-corrected chi connectivity index (χ2v) is 2.63. The summed E-state index contributed by atoms with van der Waals surface area (Å²) in [6, 6.07) is 1.95. The third kappa shape index (κ3) is 1.80. The monoisotopic (exact) mass is 200 g/mol. The lowest BCUT2D eigenvalue weighted by Crippen LogP contribution is -2.02. The number of anilines is 1. The number of nitro benzene ring substituents is 1. The number of nitrogens with zero attached hydrogens (tertiary/aromatic N) is 1. The summed E-state index contributed by atoms with van der Waals surface area (Å²) in [4.78, 5) is 9.95. The molecule has 0 unspecified atom stereocenters. The van der Waals surface area contributed by atoms with Crippen LogP contribution in [0.3, 0.4) is 0 Å². The fourth-order valence-corrected chi connectivity index (χ4v) is 1.18. The van der Waals surface area contributed by atoms with Gasteiger partial charge in [0, 0.05) is 13.1 Å². The molecule has 0 radical (unpaired) electrons. The Morgan fingerprint density at radius 1 is 1.64 bits per heavy atom. The van der Waals surface area contributed by atoms with Gasteiger partial charge in [-0.1, -0.05) is 0 Å². The lowest BCUT2D eigenvalue weighted by Gasteiger charge is -2.05. The molecular formula is C8H9FN2O3. The van der Waals surface area contributed by atoms with Crippen LogP contribution in [0.4, 0.5) is 15.8 Å². The van der Waals surface area contributed by atoms with E-state index in [-0.39, 0.29) is 16.9 Å². The van der Waals surface area contributed by atoms with Crippen LogP contribution in [0.2, 0.25) is 0 Å². The van der Waals surface area contributed by atoms with E-state index in [1.165, 1.54) is 7.05 Å². The Morgan fingerprint density at radius 3 is 2.71 bits per heavy atom. The van der Waals surface area contributed by atoms with Gasteiger partial charge >= 0.3 is 0 Å². The van der Waals surface area contributed by atoms with Gasteiger partial charge < -0.3 is 10.4 Å². The van der Waals surface area contributed by atoms with Crippen LogP contribution >= 0.6 is 0 Å². The molecule has 76 valence electrons. The smallest absolute Gasteiger partial charge is 0.297 e. The first-order valence-corrected chi connectivity index (χ1v) is 3.85. The molecule has 5 nitrogen and oxygen atoms in total. The Balaban J connectivity index is 3.40. The van der Waals surface area contributed by atoms with Gasteiger partial charge in [-0.15, -0.1) is 0 Å². The second-order valence-electron chi connectivity index (χ2n) is 2.63. The van der Waals surface area contributed by atoms with Gasteiger partial charge in [0.05, 0.1) is 17.1 Å². The summed E-state index contributed by atoms with van der Waals surface area (Å²) in [5, 5.41) is 21.9. The molecule has 0 aliphatic rings. The van der Waals surface area contributed by atoms with E-state index < -0.39 is 17.3 Å². The van der Waals surface area contributed by atoms with Crippen molar-refractivity contribution in [1.29, 1.82) is 0 Å². The largest absolute Gasteiger partial charge is 0.391 e. The first-order chi connectivity index (χ1) is 6.60.